The summed E-state index contributed by atoms with van der Waals surface area (Å²) in [5.74, 6) is 2.33. The van der Waals surface area contributed by atoms with E-state index < -0.39 is 0 Å². The van der Waals surface area contributed by atoms with Crippen molar-refractivity contribution < 1.29 is 4.79 Å². The second-order valence-electron chi connectivity index (χ2n) is 2.68. The molecule has 14 heavy (non-hydrogen) atoms. The molecule has 0 radical (unpaired) electrons. The molecule has 1 N–H and O–H groups in total. The van der Waals surface area contributed by atoms with Gasteiger partial charge in [-0.25, -0.2) is 0 Å². The number of hydrogen-bond acceptors (Lipinski definition) is 2. The maximum absolute atomic E-state index is 11.5. The molecular formula is C9H10IN3O. The van der Waals surface area contributed by atoms with Crippen LogP contribution < -0.4 is 5.32 Å². The van der Waals surface area contributed by atoms with Crippen molar-refractivity contribution in [3.05, 3.63) is 15.5 Å². The molecule has 5 heteroatoms. The Morgan fingerprint density at radius 1 is 1.86 bits per heavy atom. The Labute approximate surface area is 96.2 Å². The van der Waals surface area contributed by atoms with Gasteiger partial charge in [0.15, 0.2) is 0 Å². The first kappa shape index (κ1) is 11.0. The van der Waals surface area contributed by atoms with Gasteiger partial charge < -0.3 is 5.32 Å². The minimum atomic E-state index is -0.127. The lowest BCUT2D eigenvalue weighted by atomic mass is 10.3. The van der Waals surface area contributed by atoms with Gasteiger partial charge in [0.05, 0.1) is 11.8 Å². The highest BCUT2D eigenvalue weighted by molar-refractivity contribution is 14.1. The van der Waals surface area contributed by atoms with Gasteiger partial charge in [-0.2, -0.15) is 5.10 Å². The SMILES string of the molecule is C#CCCNC(=O)c1cnn(C)c1I. The zero-order chi connectivity index (χ0) is 10.6. The minimum absolute atomic E-state index is 0.127. The third kappa shape index (κ3) is 2.48. The Kier molecular flexibility index (Phi) is 3.95. The molecule has 0 unspecified atom stereocenters. The van der Waals surface area contributed by atoms with Crippen molar-refractivity contribution in [2.24, 2.45) is 7.05 Å². The first-order valence-corrected chi connectivity index (χ1v) is 5.14. The lowest BCUT2D eigenvalue weighted by Gasteiger charge is -2.00. The lowest BCUT2D eigenvalue weighted by molar-refractivity contribution is 0.0953. The number of aryl methyl sites for hydroxylation is 1. The average Bonchev–Trinajstić information content (AvgIpc) is 2.48. The molecule has 0 saturated heterocycles. The summed E-state index contributed by atoms with van der Waals surface area (Å²) in [5.41, 5.74) is 0.588. The number of rotatable bonds is 3. The molecule has 1 heterocycles. The van der Waals surface area contributed by atoms with E-state index in [-0.39, 0.29) is 5.91 Å². The number of amides is 1. The highest BCUT2D eigenvalue weighted by Gasteiger charge is 2.12. The quantitative estimate of drug-likeness (QED) is 0.509. The first-order chi connectivity index (χ1) is 6.66. The van der Waals surface area contributed by atoms with Crippen LogP contribution in [0.2, 0.25) is 0 Å². The van der Waals surface area contributed by atoms with Gasteiger partial charge in [0.2, 0.25) is 0 Å². The molecule has 0 aliphatic heterocycles. The number of halogens is 1. The molecule has 0 atom stereocenters. The molecule has 0 bridgehead atoms. The fraction of sp³-hybridized carbons (Fsp3) is 0.333. The zero-order valence-electron chi connectivity index (χ0n) is 7.75. The number of carbonyl (C=O) groups excluding carboxylic acids is 1. The van der Waals surface area contributed by atoms with Gasteiger partial charge in [0, 0.05) is 20.0 Å². The number of nitrogens with zero attached hydrogens (tertiary/aromatic N) is 2. The Hall–Kier alpha value is -1.03. The smallest absolute Gasteiger partial charge is 0.255 e. The van der Waals surface area contributed by atoms with Crippen molar-refractivity contribution in [1.29, 1.82) is 0 Å². The van der Waals surface area contributed by atoms with Gasteiger partial charge in [-0.3, -0.25) is 9.48 Å². The van der Waals surface area contributed by atoms with Crippen molar-refractivity contribution >= 4 is 28.5 Å². The standard InChI is InChI=1S/C9H10IN3O/c1-3-4-5-11-9(14)7-6-12-13(2)8(7)10/h1,6H,4-5H2,2H3,(H,11,14). The topological polar surface area (TPSA) is 46.9 Å². The van der Waals surface area contributed by atoms with E-state index in [9.17, 15) is 4.79 Å². The molecule has 1 rings (SSSR count). The van der Waals surface area contributed by atoms with Crippen molar-refractivity contribution in [2.75, 3.05) is 6.54 Å². The largest absolute Gasteiger partial charge is 0.351 e. The number of terminal acetylenes is 1. The summed E-state index contributed by atoms with van der Waals surface area (Å²) in [5, 5.41) is 6.69. The van der Waals surface area contributed by atoms with E-state index in [0.717, 1.165) is 3.70 Å². The Bertz CT molecular complexity index is 378. The molecule has 0 spiro atoms. The van der Waals surface area contributed by atoms with Crippen molar-refractivity contribution in [3.63, 3.8) is 0 Å². The first-order valence-electron chi connectivity index (χ1n) is 4.06. The van der Waals surface area contributed by atoms with E-state index in [4.69, 9.17) is 6.42 Å². The van der Waals surface area contributed by atoms with Crippen LogP contribution in [0.5, 0.6) is 0 Å². The molecule has 1 amide bonds. The maximum atomic E-state index is 11.5. The van der Waals surface area contributed by atoms with Gasteiger partial charge >= 0.3 is 0 Å². The molecular weight excluding hydrogens is 293 g/mol. The molecule has 0 fully saturated rings. The summed E-state index contributed by atoms with van der Waals surface area (Å²) in [6.07, 6.45) is 7.16. The highest BCUT2D eigenvalue weighted by Crippen LogP contribution is 2.09. The van der Waals surface area contributed by atoms with Crippen LogP contribution in [0, 0.1) is 16.0 Å². The van der Waals surface area contributed by atoms with Crippen LogP contribution in [0.4, 0.5) is 0 Å². The molecule has 0 saturated carbocycles. The van der Waals surface area contributed by atoms with E-state index in [1.54, 1.807) is 17.9 Å². The average molecular weight is 303 g/mol. The molecule has 4 nitrogen and oxygen atoms in total. The predicted molar refractivity (Wildman–Crippen MR) is 61.7 cm³/mol. The van der Waals surface area contributed by atoms with E-state index in [1.165, 1.54) is 0 Å². The summed E-state index contributed by atoms with van der Waals surface area (Å²) >= 11 is 2.08. The number of carbonyl (C=O) groups is 1. The van der Waals surface area contributed by atoms with Crippen LogP contribution in [0.3, 0.4) is 0 Å². The van der Waals surface area contributed by atoms with Crippen LogP contribution in [-0.2, 0) is 7.05 Å². The number of nitrogens with one attached hydrogen (secondary N) is 1. The highest BCUT2D eigenvalue weighted by atomic mass is 127. The van der Waals surface area contributed by atoms with Gasteiger partial charge in [0.25, 0.3) is 5.91 Å². The molecule has 0 aliphatic rings. The summed E-state index contributed by atoms with van der Waals surface area (Å²) in [6.45, 7) is 0.500. The monoisotopic (exact) mass is 303 g/mol. The fourth-order valence-corrected chi connectivity index (χ4v) is 1.43. The molecule has 1 aromatic rings. The summed E-state index contributed by atoms with van der Waals surface area (Å²) in [4.78, 5) is 11.5. The Morgan fingerprint density at radius 3 is 3.07 bits per heavy atom. The van der Waals surface area contributed by atoms with E-state index in [1.807, 2.05) is 0 Å². The van der Waals surface area contributed by atoms with Crippen LogP contribution in [0.1, 0.15) is 16.8 Å². The normalized spacial score (nSPS) is 9.50. The van der Waals surface area contributed by atoms with Gasteiger partial charge in [-0.15, -0.1) is 12.3 Å². The fourth-order valence-electron chi connectivity index (χ4n) is 0.918. The van der Waals surface area contributed by atoms with Crippen LogP contribution in [0.25, 0.3) is 0 Å². The Morgan fingerprint density at radius 2 is 2.57 bits per heavy atom. The van der Waals surface area contributed by atoms with E-state index in [2.05, 4.69) is 38.9 Å². The third-order valence-corrected chi connectivity index (χ3v) is 2.95. The van der Waals surface area contributed by atoms with Crippen LogP contribution in [0.15, 0.2) is 6.20 Å². The zero-order valence-corrected chi connectivity index (χ0v) is 9.91. The second kappa shape index (κ2) is 5.00. The van der Waals surface area contributed by atoms with Crippen LogP contribution >= 0.6 is 22.6 Å². The second-order valence-corrected chi connectivity index (χ2v) is 3.70. The lowest BCUT2D eigenvalue weighted by Crippen LogP contribution is -2.24. The third-order valence-electron chi connectivity index (χ3n) is 1.67. The maximum Gasteiger partial charge on any atom is 0.255 e. The summed E-state index contributed by atoms with van der Waals surface area (Å²) in [6, 6.07) is 0. The predicted octanol–water partition coefficient (Wildman–Crippen LogP) is 0.778. The van der Waals surface area contributed by atoms with E-state index in [0.29, 0.717) is 18.5 Å². The van der Waals surface area contributed by atoms with Gasteiger partial charge in [-0.1, -0.05) is 0 Å². The molecule has 1 aromatic heterocycles. The number of aromatic nitrogens is 2. The molecule has 74 valence electrons. The van der Waals surface area contributed by atoms with Gasteiger partial charge in [0.1, 0.15) is 3.70 Å². The molecule has 0 aromatic carbocycles. The van der Waals surface area contributed by atoms with Crippen LogP contribution in [-0.4, -0.2) is 22.2 Å². The van der Waals surface area contributed by atoms with E-state index >= 15 is 0 Å². The van der Waals surface area contributed by atoms with Crippen molar-refractivity contribution in [2.45, 2.75) is 6.42 Å². The summed E-state index contributed by atoms with van der Waals surface area (Å²) < 4.78 is 2.47. The Balaban J connectivity index is 2.62. The summed E-state index contributed by atoms with van der Waals surface area (Å²) in [7, 11) is 1.79. The van der Waals surface area contributed by atoms with Gasteiger partial charge in [-0.05, 0) is 22.6 Å². The van der Waals surface area contributed by atoms with Crippen molar-refractivity contribution in [3.8, 4) is 12.3 Å². The number of hydrogen-bond donors (Lipinski definition) is 1. The van der Waals surface area contributed by atoms with Crippen molar-refractivity contribution in [1.82, 2.24) is 15.1 Å². The molecule has 0 aliphatic carbocycles. The minimum Gasteiger partial charge on any atom is -0.351 e.